The zero-order valence-electron chi connectivity index (χ0n) is 13.5. The molecule has 2 aromatic rings. The maximum atomic E-state index is 13.3. The number of nitriles is 1. The number of piperazine rings is 1. The summed E-state index contributed by atoms with van der Waals surface area (Å²) in [5.41, 5.74) is 1.15. The highest BCUT2D eigenvalue weighted by atomic mass is 19.1. The molecular formula is C17H19FN6. The Morgan fingerprint density at radius 1 is 1.21 bits per heavy atom. The largest absolute Gasteiger partial charge is 0.370 e. The topological polar surface area (TPSA) is 68.1 Å². The molecule has 2 heterocycles. The van der Waals surface area contributed by atoms with E-state index in [4.69, 9.17) is 0 Å². The molecule has 124 valence electrons. The van der Waals surface area contributed by atoms with Gasteiger partial charge in [0.2, 0.25) is 5.95 Å². The average molecular weight is 326 g/mol. The first-order valence-electron chi connectivity index (χ1n) is 7.97. The molecule has 1 aromatic heterocycles. The Balaban J connectivity index is 1.70. The van der Waals surface area contributed by atoms with Crippen molar-refractivity contribution >= 4 is 17.5 Å². The summed E-state index contributed by atoms with van der Waals surface area (Å²) in [5.74, 6) is 1.13. The predicted octanol–water partition coefficient (Wildman–Crippen LogP) is 2.25. The third kappa shape index (κ3) is 3.38. The van der Waals surface area contributed by atoms with Gasteiger partial charge in [-0.1, -0.05) is 0 Å². The normalized spacial score (nSPS) is 14.4. The Bertz CT molecular complexity index is 749. The van der Waals surface area contributed by atoms with Gasteiger partial charge in [0.25, 0.3) is 0 Å². The van der Waals surface area contributed by atoms with Gasteiger partial charge in [0.05, 0.1) is 11.3 Å². The van der Waals surface area contributed by atoms with Crippen LogP contribution in [0.2, 0.25) is 0 Å². The van der Waals surface area contributed by atoms with E-state index in [2.05, 4.69) is 31.2 Å². The second-order valence-electron chi connectivity index (χ2n) is 5.52. The van der Waals surface area contributed by atoms with Crippen molar-refractivity contribution in [3.8, 4) is 6.07 Å². The zero-order valence-corrected chi connectivity index (χ0v) is 13.5. The lowest BCUT2D eigenvalue weighted by Crippen LogP contribution is -2.47. The highest BCUT2D eigenvalue weighted by molar-refractivity contribution is 5.60. The van der Waals surface area contributed by atoms with E-state index in [1.807, 2.05) is 13.0 Å². The highest BCUT2D eigenvalue weighted by Crippen LogP contribution is 2.23. The van der Waals surface area contributed by atoms with E-state index in [9.17, 15) is 9.65 Å². The highest BCUT2D eigenvalue weighted by Gasteiger charge is 2.21. The third-order valence-corrected chi connectivity index (χ3v) is 3.98. The van der Waals surface area contributed by atoms with Crippen LogP contribution in [0, 0.1) is 17.1 Å². The minimum absolute atomic E-state index is 0.369. The fraction of sp³-hybridized carbons (Fsp3) is 0.353. The van der Waals surface area contributed by atoms with Crippen LogP contribution in [-0.2, 0) is 0 Å². The number of nitrogens with zero attached hydrogens (tertiary/aromatic N) is 5. The van der Waals surface area contributed by atoms with Gasteiger partial charge < -0.3 is 15.1 Å². The average Bonchev–Trinajstić information content (AvgIpc) is 2.62. The lowest BCUT2D eigenvalue weighted by Gasteiger charge is -2.36. The molecule has 0 atom stereocenters. The van der Waals surface area contributed by atoms with Gasteiger partial charge in [-0.05, 0) is 31.2 Å². The van der Waals surface area contributed by atoms with Crippen LogP contribution in [0.4, 0.5) is 21.8 Å². The molecule has 7 heteroatoms. The summed E-state index contributed by atoms with van der Waals surface area (Å²) in [6, 6.07) is 8.27. The molecule has 1 fully saturated rings. The second kappa shape index (κ2) is 7.13. The summed E-state index contributed by atoms with van der Waals surface area (Å²) < 4.78 is 13.3. The SMILES string of the molecule is CCNc1ccnc(N2CCN(c3ccc(F)cc3C#N)CC2)n1. The standard InChI is InChI=1S/C17H19FN6/c1-2-20-16-5-6-21-17(22-16)24-9-7-23(8-10-24)15-4-3-14(18)11-13(15)12-19/h3-6,11H,2,7-10H2,1H3,(H,20,21,22). The smallest absolute Gasteiger partial charge is 0.227 e. The minimum Gasteiger partial charge on any atom is -0.370 e. The Labute approximate surface area is 140 Å². The summed E-state index contributed by atoms with van der Waals surface area (Å²) in [5, 5.41) is 12.4. The van der Waals surface area contributed by atoms with Crippen molar-refractivity contribution in [3.05, 3.63) is 41.8 Å². The molecule has 1 saturated heterocycles. The number of nitrogens with one attached hydrogen (secondary N) is 1. The molecule has 0 unspecified atom stereocenters. The molecule has 1 aliphatic heterocycles. The maximum absolute atomic E-state index is 13.3. The molecule has 0 amide bonds. The van der Waals surface area contributed by atoms with E-state index in [-0.39, 0.29) is 5.82 Å². The molecule has 0 saturated carbocycles. The van der Waals surface area contributed by atoms with Crippen molar-refractivity contribution in [3.63, 3.8) is 0 Å². The minimum atomic E-state index is -0.387. The fourth-order valence-electron chi connectivity index (χ4n) is 2.80. The first-order valence-corrected chi connectivity index (χ1v) is 7.97. The Morgan fingerprint density at radius 3 is 2.67 bits per heavy atom. The summed E-state index contributed by atoms with van der Waals surface area (Å²) in [6.45, 7) is 5.79. The van der Waals surface area contributed by atoms with Crippen molar-refractivity contribution in [1.29, 1.82) is 5.26 Å². The molecule has 0 radical (unpaired) electrons. The molecule has 6 nitrogen and oxygen atoms in total. The van der Waals surface area contributed by atoms with Gasteiger partial charge >= 0.3 is 0 Å². The van der Waals surface area contributed by atoms with Gasteiger partial charge in [-0.15, -0.1) is 0 Å². The van der Waals surface area contributed by atoms with Crippen LogP contribution in [0.25, 0.3) is 0 Å². The Kier molecular flexibility index (Phi) is 4.75. The third-order valence-electron chi connectivity index (χ3n) is 3.98. The van der Waals surface area contributed by atoms with Crippen molar-refractivity contribution < 1.29 is 4.39 Å². The maximum Gasteiger partial charge on any atom is 0.227 e. The van der Waals surface area contributed by atoms with Gasteiger partial charge in [-0.25, -0.2) is 9.37 Å². The van der Waals surface area contributed by atoms with E-state index in [0.717, 1.165) is 44.2 Å². The fourth-order valence-corrected chi connectivity index (χ4v) is 2.80. The summed E-state index contributed by atoms with van der Waals surface area (Å²) in [7, 11) is 0. The van der Waals surface area contributed by atoms with E-state index in [1.165, 1.54) is 12.1 Å². The van der Waals surface area contributed by atoms with Crippen molar-refractivity contribution in [2.75, 3.05) is 47.8 Å². The Morgan fingerprint density at radius 2 is 1.96 bits per heavy atom. The van der Waals surface area contributed by atoms with Gasteiger partial charge in [0.1, 0.15) is 17.7 Å². The molecular weight excluding hydrogens is 307 g/mol. The van der Waals surface area contributed by atoms with Crippen molar-refractivity contribution in [1.82, 2.24) is 9.97 Å². The number of benzene rings is 1. The van der Waals surface area contributed by atoms with Crippen molar-refractivity contribution in [2.24, 2.45) is 0 Å². The lowest BCUT2D eigenvalue weighted by molar-refractivity contribution is 0.622. The Hall–Kier alpha value is -2.88. The van der Waals surface area contributed by atoms with Gasteiger partial charge in [0, 0.05) is 38.9 Å². The van der Waals surface area contributed by atoms with Crippen LogP contribution >= 0.6 is 0 Å². The number of aromatic nitrogens is 2. The quantitative estimate of drug-likeness (QED) is 0.929. The molecule has 1 aromatic carbocycles. The van der Waals surface area contributed by atoms with Crippen LogP contribution in [-0.4, -0.2) is 42.7 Å². The van der Waals surface area contributed by atoms with Gasteiger partial charge in [-0.2, -0.15) is 10.2 Å². The predicted molar refractivity (Wildman–Crippen MR) is 91.7 cm³/mol. The van der Waals surface area contributed by atoms with Crippen LogP contribution in [0.5, 0.6) is 0 Å². The van der Waals surface area contributed by atoms with Crippen LogP contribution in [0.15, 0.2) is 30.5 Å². The van der Waals surface area contributed by atoms with E-state index < -0.39 is 0 Å². The van der Waals surface area contributed by atoms with E-state index >= 15 is 0 Å². The first-order chi connectivity index (χ1) is 11.7. The van der Waals surface area contributed by atoms with Crippen LogP contribution in [0.3, 0.4) is 0 Å². The van der Waals surface area contributed by atoms with Crippen LogP contribution in [0.1, 0.15) is 12.5 Å². The number of halogens is 1. The van der Waals surface area contributed by atoms with Crippen LogP contribution < -0.4 is 15.1 Å². The van der Waals surface area contributed by atoms with E-state index in [0.29, 0.717) is 11.5 Å². The molecule has 1 aliphatic rings. The number of hydrogen-bond acceptors (Lipinski definition) is 6. The number of anilines is 3. The summed E-state index contributed by atoms with van der Waals surface area (Å²) >= 11 is 0. The number of rotatable bonds is 4. The summed E-state index contributed by atoms with van der Waals surface area (Å²) in [4.78, 5) is 13.1. The molecule has 0 spiro atoms. The van der Waals surface area contributed by atoms with Gasteiger partial charge in [-0.3, -0.25) is 0 Å². The zero-order chi connectivity index (χ0) is 16.9. The lowest BCUT2D eigenvalue weighted by atomic mass is 10.1. The molecule has 1 N–H and O–H groups in total. The summed E-state index contributed by atoms with van der Waals surface area (Å²) in [6.07, 6.45) is 1.75. The molecule has 3 rings (SSSR count). The molecule has 0 bridgehead atoms. The van der Waals surface area contributed by atoms with Gasteiger partial charge in [0.15, 0.2) is 0 Å². The number of hydrogen-bond donors (Lipinski definition) is 1. The molecule has 24 heavy (non-hydrogen) atoms. The van der Waals surface area contributed by atoms with Crippen molar-refractivity contribution in [2.45, 2.75) is 6.92 Å². The monoisotopic (exact) mass is 326 g/mol. The second-order valence-corrected chi connectivity index (χ2v) is 5.52. The molecule has 0 aliphatic carbocycles. The first kappa shape index (κ1) is 16.0. The van der Waals surface area contributed by atoms with E-state index in [1.54, 1.807) is 12.3 Å².